The Morgan fingerprint density at radius 2 is 1.52 bits per heavy atom. The van der Waals surface area contributed by atoms with Gasteiger partial charge in [-0.05, 0) is 55.7 Å². The van der Waals surface area contributed by atoms with Gasteiger partial charge in [0.2, 0.25) is 0 Å². The van der Waals surface area contributed by atoms with E-state index < -0.39 is 0 Å². The molecule has 0 atom stereocenters. The molecule has 4 rings (SSSR count). The monoisotopic (exact) mass is 368 g/mol. The average molecular weight is 368 g/mol. The summed E-state index contributed by atoms with van der Waals surface area (Å²) in [7, 11) is 0. The van der Waals surface area contributed by atoms with E-state index in [4.69, 9.17) is 0 Å². The molecular formula is C21H25FN4O. The number of hydrogen-bond donors (Lipinski definition) is 0. The molecule has 0 spiro atoms. The van der Waals surface area contributed by atoms with E-state index in [2.05, 4.69) is 14.8 Å². The van der Waals surface area contributed by atoms with Gasteiger partial charge in [-0.15, -0.1) is 0 Å². The maximum absolute atomic E-state index is 13.1. The van der Waals surface area contributed by atoms with Crippen molar-refractivity contribution in [3.8, 4) is 0 Å². The fraction of sp³-hybridized carbons (Fsp3) is 0.429. The van der Waals surface area contributed by atoms with Gasteiger partial charge in [-0.2, -0.15) is 0 Å². The molecule has 2 fully saturated rings. The third-order valence-corrected chi connectivity index (χ3v) is 5.43. The van der Waals surface area contributed by atoms with Gasteiger partial charge in [0, 0.05) is 51.2 Å². The summed E-state index contributed by atoms with van der Waals surface area (Å²) in [5.74, 6) is 0.770. The van der Waals surface area contributed by atoms with Crippen LogP contribution in [0, 0.1) is 5.82 Å². The topological polar surface area (TPSA) is 39.7 Å². The van der Waals surface area contributed by atoms with Crippen LogP contribution in [-0.4, -0.2) is 55.1 Å². The van der Waals surface area contributed by atoms with Crippen LogP contribution in [0.5, 0.6) is 0 Å². The second-order valence-corrected chi connectivity index (χ2v) is 7.21. The Bertz CT molecular complexity index is 764. The van der Waals surface area contributed by atoms with Gasteiger partial charge in [-0.1, -0.05) is 0 Å². The lowest BCUT2D eigenvalue weighted by molar-refractivity contribution is 0.0746. The second-order valence-electron chi connectivity index (χ2n) is 7.21. The molecule has 0 bridgehead atoms. The summed E-state index contributed by atoms with van der Waals surface area (Å²) in [6, 6.07) is 10.4. The van der Waals surface area contributed by atoms with E-state index in [0.717, 1.165) is 37.7 Å². The first kappa shape index (κ1) is 17.8. The van der Waals surface area contributed by atoms with Gasteiger partial charge in [-0.25, -0.2) is 9.37 Å². The van der Waals surface area contributed by atoms with Gasteiger partial charge in [-0.3, -0.25) is 4.79 Å². The molecule has 2 aromatic rings. The van der Waals surface area contributed by atoms with Gasteiger partial charge in [0.25, 0.3) is 5.91 Å². The van der Waals surface area contributed by atoms with E-state index >= 15 is 0 Å². The highest BCUT2D eigenvalue weighted by atomic mass is 19.1. The molecule has 3 heterocycles. The van der Waals surface area contributed by atoms with E-state index in [1.807, 2.05) is 17.0 Å². The molecule has 6 heteroatoms. The summed E-state index contributed by atoms with van der Waals surface area (Å²) in [6.45, 7) is 4.90. The number of amides is 1. The predicted molar refractivity (Wildman–Crippen MR) is 105 cm³/mol. The van der Waals surface area contributed by atoms with E-state index in [1.165, 1.54) is 31.4 Å². The Labute approximate surface area is 159 Å². The number of nitrogens with zero attached hydrogens (tertiary/aromatic N) is 4. The Morgan fingerprint density at radius 3 is 2.15 bits per heavy atom. The van der Waals surface area contributed by atoms with Crippen LogP contribution in [0.25, 0.3) is 0 Å². The molecule has 142 valence electrons. The van der Waals surface area contributed by atoms with E-state index in [9.17, 15) is 9.18 Å². The highest BCUT2D eigenvalue weighted by molar-refractivity contribution is 5.94. The van der Waals surface area contributed by atoms with Crippen LogP contribution < -0.4 is 9.80 Å². The average Bonchev–Trinajstić information content (AvgIpc) is 2.75. The highest BCUT2D eigenvalue weighted by Crippen LogP contribution is 2.20. The lowest BCUT2D eigenvalue weighted by Gasteiger charge is -2.36. The zero-order valence-electron chi connectivity index (χ0n) is 15.5. The fourth-order valence-electron chi connectivity index (χ4n) is 3.82. The number of pyridine rings is 1. The molecule has 2 aliphatic rings. The Hall–Kier alpha value is -2.63. The standard InChI is InChI=1S/C21H25FN4O/c22-18-5-7-19(8-6-18)24-12-14-26(15-13-24)21(27)17-4-9-20(23-16-17)25-10-2-1-3-11-25/h4-9,16H,1-3,10-15H2. The van der Waals surface area contributed by atoms with Crippen LogP contribution in [0.2, 0.25) is 0 Å². The lowest BCUT2D eigenvalue weighted by atomic mass is 10.1. The summed E-state index contributed by atoms with van der Waals surface area (Å²) < 4.78 is 13.1. The fourth-order valence-corrected chi connectivity index (χ4v) is 3.82. The molecular weight excluding hydrogens is 343 g/mol. The van der Waals surface area contributed by atoms with Gasteiger partial charge in [0.15, 0.2) is 0 Å². The number of rotatable bonds is 3. The number of benzene rings is 1. The normalized spacial score (nSPS) is 17.9. The molecule has 0 saturated carbocycles. The summed E-state index contributed by atoms with van der Waals surface area (Å²) in [5, 5.41) is 0. The second kappa shape index (κ2) is 7.94. The van der Waals surface area contributed by atoms with E-state index in [0.29, 0.717) is 18.7 Å². The minimum Gasteiger partial charge on any atom is -0.368 e. The third-order valence-electron chi connectivity index (χ3n) is 5.43. The number of piperidine rings is 1. The van der Waals surface area contributed by atoms with Crippen LogP contribution in [-0.2, 0) is 0 Å². The zero-order valence-corrected chi connectivity index (χ0v) is 15.5. The number of carbonyl (C=O) groups excluding carboxylic acids is 1. The lowest BCUT2D eigenvalue weighted by Crippen LogP contribution is -2.48. The molecule has 1 aromatic heterocycles. The quantitative estimate of drug-likeness (QED) is 0.834. The zero-order chi connectivity index (χ0) is 18.6. The first-order chi connectivity index (χ1) is 13.2. The molecule has 1 amide bonds. The number of anilines is 2. The smallest absolute Gasteiger partial charge is 0.255 e. The van der Waals surface area contributed by atoms with Gasteiger partial charge >= 0.3 is 0 Å². The van der Waals surface area contributed by atoms with Crippen LogP contribution in [0.15, 0.2) is 42.6 Å². The molecule has 0 aliphatic carbocycles. The van der Waals surface area contributed by atoms with Gasteiger partial charge in [0.1, 0.15) is 11.6 Å². The van der Waals surface area contributed by atoms with Crippen molar-refractivity contribution in [1.82, 2.24) is 9.88 Å². The van der Waals surface area contributed by atoms with Crippen molar-refractivity contribution in [2.75, 3.05) is 49.1 Å². The van der Waals surface area contributed by atoms with Crippen LogP contribution >= 0.6 is 0 Å². The molecule has 1 aromatic carbocycles. The largest absolute Gasteiger partial charge is 0.368 e. The van der Waals surface area contributed by atoms with Crippen molar-refractivity contribution in [3.05, 3.63) is 54.0 Å². The van der Waals surface area contributed by atoms with Crippen molar-refractivity contribution in [2.45, 2.75) is 19.3 Å². The molecule has 0 N–H and O–H groups in total. The molecule has 5 nitrogen and oxygen atoms in total. The van der Waals surface area contributed by atoms with Crippen molar-refractivity contribution < 1.29 is 9.18 Å². The summed E-state index contributed by atoms with van der Waals surface area (Å²) in [5.41, 5.74) is 1.64. The first-order valence-electron chi connectivity index (χ1n) is 9.71. The Balaban J connectivity index is 1.35. The summed E-state index contributed by atoms with van der Waals surface area (Å²) in [4.78, 5) is 23.6. The number of carbonyl (C=O) groups is 1. The summed E-state index contributed by atoms with van der Waals surface area (Å²) >= 11 is 0. The van der Waals surface area contributed by atoms with Crippen LogP contribution in [0.4, 0.5) is 15.9 Å². The maximum Gasteiger partial charge on any atom is 0.255 e. The Kier molecular flexibility index (Phi) is 5.23. The van der Waals surface area contributed by atoms with Crippen molar-refractivity contribution in [2.24, 2.45) is 0 Å². The SMILES string of the molecule is O=C(c1ccc(N2CCCCC2)nc1)N1CCN(c2ccc(F)cc2)CC1. The van der Waals surface area contributed by atoms with E-state index in [-0.39, 0.29) is 11.7 Å². The minimum atomic E-state index is -0.229. The van der Waals surface area contributed by atoms with Crippen LogP contribution in [0.1, 0.15) is 29.6 Å². The number of piperazine rings is 1. The van der Waals surface area contributed by atoms with Crippen LogP contribution in [0.3, 0.4) is 0 Å². The van der Waals surface area contributed by atoms with Gasteiger partial charge in [0.05, 0.1) is 5.56 Å². The molecule has 0 unspecified atom stereocenters. The number of hydrogen-bond acceptors (Lipinski definition) is 4. The van der Waals surface area contributed by atoms with E-state index in [1.54, 1.807) is 18.3 Å². The van der Waals surface area contributed by atoms with Crippen molar-refractivity contribution in [3.63, 3.8) is 0 Å². The Morgan fingerprint density at radius 1 is 0.815 bits per heavy atom. The maximum atomic E-state index is 13.1. The summed E-state index contributed by atoms with van der Waals surface area (Å²) in [6.07, 6.45) is 5.41. The highest BCUT2D eigenvalue weighted by Gasteiger charge is 2.23. The number of halogens is 1. The molecule has 2 aliphatic heterocycles. The first-order valence-corrected chi connectivity index (χ1v) is 9.71. The molecule has 27 heavy (non-hydrogen) atoms. The van der Waals surface area contributed by atoms with Crippen molar-refractivity contribution >= 4 is 17.4 Å². The minimum absolute atomic E-state index is 0.0338. The predicted octanol–water partition coefficient (Wildman–Crippen LogP) is 3.17. The molecule has 2 saturated heterocycles. The third kappa shape index (κ3) is 4.04. The number of aromatic nitrogens is 1. The molecule has 0 radical (unpaired) electrons. The van der Waals surface area contributed by atoms with Crippen molar-refractivity contribution in [1.29, 1.82) is 0 Å². The van der Waals surface area contributed by atoms with Gasteiger partial charge < -0.3 is 14.7 Å².